The van der Waals surface area contributed by atoms with Gasteiger partial charge in [0, 0.05) is 26.1 Å². The van der Waals surface area contributed by atoms with E-state index in [9.17, 15) is 9.59 Å². The zero-order valence-corrected chi connectivity index (χ0v) is 18.9. The second-order valence-corrected chi connectivity index (χ2v) is 8.61. The number of ether oxygens (including phenoxy) is 3. The van der Waals surface area contributed by atoms with Crippen molar-refractivity contribution in [1.82, 2.24) is 15.2 Å². The summed E-state index contributed by atoms with van der Waals surface area (Å²) >= 11 is 0. The van der Waals surface area contributed by atoms with Gasteiger partial charge in [-0.1, -0.05) is 29.8 Å². The molecular formula is C24H29N3O5. The fraction of sp³-hybridized carbons (Fsp3) is 0.458. The number of carbonyl (C=O) groups excluding carboxylic acids is 2. The summed E-state index contributed by atoms with van der Waals surface area (Å²) in [5.41, 5.74) is 1.55. The number of hydrogen-bond donors (Lipinski definition) is 1. The van der Waals surface area contributed by atoms with Crippen molar-refractivity contribution in [3.05, 3.63) is 53.1 Å². The van der Waals surface area contributed by atoms with Gasteiger partial charge in [-0.15, -0.1) is 0 Å². The number of carbonyl (C=O) groups is 2. The number of pyridine rings is 1. The Morgan fingerprint density at radius 2 is 1.88 bits per heavy atom. The normalized spacial score (nSPS) is 17.8. The van der Waals surface area contributed by atoms with E-state index in [1.165, 1.54) is 26.7 Å². The van der Waals surface area contributed by atoms with Crippen molar-refractivity contribution < 1.29 is 23.8 Å². The molecule has 1 aromatic carbocycles. The Morgan fingerprint density at radius 3 is 2.47 bits per heavy atom. The quantitative estimate of drug-likeness (QED) is 0.680. The van der Waals surface area contributed by atoms with Gasteiger partial charge in [-0.25, -0.2) is 0 Å². The standard InChI is InChI=1S/C24H29N3O5/c1-16-6-5-7-18(12-16)13-32-24(10-11-24)23(26-17(2)28)14-27(15-23)22(29)19-8-9-20(30-3)25-21(19)31-4/h5-9,12H,10-11,13-15H2,1-4H3,(H,26,28). The first kappa shape index (κ1) is 22.1. The minimum absolute atomic E-state index is 0.133. The van der Waals surface area contributed by atoms with Gasteiger partial charge in [0.1, 0.15) is 11.1 Å². The second kappa shape index (κ2) is 8.43. The van der Waals surface area contributed by atoms with Gasteiger partial charge in [-0.3, -0.25) is 9.59 Å². The molecule has 0 atom stereocenters. The molecule has 170 valence electrons. The SMILES string of the molecule is COc1ccc(C(=O)N2CC(NC(C)=O)(C3(OCc4cccc(C)c4)CC3)C2)c(OC)n1. The molecule has 2 fully saturated rings. The van der Waals surface area contributed by atoms with Crippen LogP contribution in [0, 0.1) is 6.92 Å². The van der Waals surface area contributed by atoms with Crippen LogP contribution in [0.3, 0.4) is 0 Å². The van der Waals surface area contributed by atoms with Gasteiger partial charge >= 0.3 is 0 Å². The smallest absolute Gasteiger partial charge is 0.259 e. The Labute approximate surface area is 187 Å². The number of amides is 2. The summed E-state index contributed by atoms with van der Waals surface area (Å²) < 4.78 is 16.8. The fourth-order valence-electron chi connectivity index (χ4n) is 4.49. The lowest BCUT2D eigenvalue weighted by atomic mass is 9.80. The van der Waals surface area contributed by atoms with E-state index in [4.69, 9.17) is 14.2 Å². The van der Waals surface area contributed by atoms with Crippen LogP contribution in [0.4, 0.5) is 0 Å². The van der Waals surface area contributed by atoms with E-state index in [0.717, 1.165) is 18.4 Å². The second-order valence-electron chi connectivity index (χ2n) is 8.61. The highest BCUT2D eigenvalue weighted by Gasteiger charge is 2.67. The Morgan fingerprint density at radius 1 is 1.12 bits per heavy atom. The van der Waals surface area contributed by atoms with Gasteiger partial charge < -0.3 is 24.4 Å². The van der Waals surface area contributed by atoms with Gasteiger partial charge in [0.25, 0.3) is 5.91 Å². The summed E-state index contributed by atoms with van der Waals surface area (Å²) in [4.78, 5) is 31.1. The van der Waals surface area contributed by atoms with Crippen LogP contribution in [0.25, 0.3) is 0 Å². The number of rotatable bonds is 8. The van der Waals surface area contributed by atoms with Gasteiger partial charge in [0.2, 0.25) is 17.7 Å². The summed E-state index contributed by atoms with van der Waals surface area (Å²) in [6.07, 6.45) is 1.68. The van der Waals surface area contributed by atoms with Crippen LogP contribution in [0.5, 0.6) is 11.8 Å². The van der Waals surface area contributed by atoms with Crippen molar-refractivity contribution >= 4 is 11.8 Å². The topological polar surface area (TPSA) is 90.0 Å². The summed E-state index contributed by atoms with van der Waals surface area (Å²) in [6, 6.07) is 11.5. The molecule has 1 aliphatic heterocycles. The van der Waals surface area contributed by atoms with Crippen LogP contribution in [0.2, 0.25) is 0 Å². The molecule has 2 aromatic rings. The number of nitrogens with one attached hydrogen (secondary N) is 1. The maximum absolute atomic E-state index is 13.2. The summed E-state index contributed by atoms with van der Waals surface area (Å²) in [5, 5.41) is 3.10. The van der Waals surface area contributed by atoms with Gasteiger partial charge in [-0.2, -0.15) is 4.98 Å². The first-order chi connectivity index (χ1) is 15.3. The monoisotopic (exact) mass is 439 g/mol. The molecule has 2 amide bonds. The van der Waals surface area contributed by atoms with Crippen LogP contribution < -0.4 is 14.8 Å². The summed E-state index contributed by atoms with van der Waals surface area (Å²) in [7, 11) is 2.97. The van der Waals surface area contributed by atoms with Gasteiger partial charge in [-0.05, 0) is 31.4 Å². The number of hydrogen-bond acceptors (Lipinski definition) is 6. The average molecular weight is 440 g/mol. The molecule has 0 spiro atoms. The molecule has 2 aliphatic rings. The van der Waals surface area contributed by atoms with E-state index in [-0.39, 0.29) is 17.7 Å². The van der Waals surface area contributed by atoms with Crippen LogP contribution in [0.1, 0.15) is 41.3 Å². The van der Waals surface area contributed by atoms with Crippen LogP contribution >= 0.6 is 0 Å². The van der Waals surface area contributed by atoms with Crippen molar-refractivity contribution in [2.45, 2.75) is 44.4 Å². The molecule has 8 nitrogen and oxygen atoms in total. The van der Waals surface area contributed by atoms with E-state index >= 15 is 0 Å². The number of aromatic nitrogens is 1. The molecule has 0 unspecified atom stereocenters. The molecule has 0 radical (unpaired) electrons. The maximum Gasteiger partial charge on any atom is 0.259 e. The minimum Gasteiger partial charge on any atom is -0.481 e. The predicted molar refractivity (Wildman–Crippen MR) is 118 cm³/mol. The van der Waals surface area contributed by atoms with Gasteiger partial charge in [0.05, 0.1) is 26.4 Å². The zero-order chi connectivity index (χ0) is 22.9. The minimum atomic E-state index is -0.606. The van der Waals surface area contributed by atoms with Crippen LogP contribution in [-0.4, -0.2) is 60.1 Å². The van der Waals surface area contributed by atoms with E-state index in [2.05, 4.69) is 16.4 Å². The summed E-state index contributed by atoms with van der Waals surface area (Å²) in [6.45, 7) is 4.75. The molecule has 1 saturated heterocycles. The van der Waals surface area contributed by atoms with Crippen molar-refractivity contribution in [3.8, 4) is 11.8 Å². The highest BCUT2D eigenvalue weighted by atomic mass is 16.5. The molecule has 1 aromatic heterocycles. The Bertz CT molecular complexity index is 1030. The predicted octanol–water partition coefficient (Wildman–Crippen LogP) is 2.49. The third-order valence-electron chi connectivity index (χ3n) is 6.27. The molecule has 8 heteroatoms. The molecule has 1 saturated carbocycles. The molecule has 1 aliphatic carbocycles. The lowest BCUT2D eigenvalue weighted by Crippen LogP contribution is -2.77. The molecular weight excluding hydrogens is 410 g/mol. The van der Waals surface area contributed by atoms with Crippen LogP contribution in [0.15, 0.2) is 36.4 Å². The van der Waals surface area contributed by atoms with Crippen LogP contribution in [-0.2, 0) is 16.1 Å². The summed E-state index contributed by atoms with van der Waals surface area (Å²) in [5.74, 6) is 0.248. The molecule has 2 heterocycles. The van der Waals surface area contributed by atoms with Crippen molar-refractivity contribution in [1.29, 1.82) is 0 Å². The average Bonchev–Trinajstić information content (AvgIpc) is 3.55. The molecule has 32 heavy (non-hydrogen) atoms. The Kier molecular flexibility index (Phi) is 5.81. The molecule has 0 bridgehead atoms. The van der Waals surface area contributed by atoms with E-state index < -0.39 is 11.1 Å². The number of methoxy groups -OCH3 is 2. The highest BCUT2D eigenvalue weighted by molar-refractivity contribution is 5.97. The fourth-order valence-corrected chi connectivity index (χ4v) is 4.49. The van der Waals surface area contributed by atoms with Crippen molar-refractivity contribution in [2.24, 2.45) is 0 Å². The third kappa shape index (κ3) is 4.02. The van der Waals surface area contributed by atoms with E-state index in [0.29, 0.717) is 31.1 Å². The van der Waals surface area contributed by atoms with E-state index in [1.54, 1.807) is 17.0 Å². The lowest BCUT2D eigenvalue weighted by molar-refractivity contribution is -0.135. The van der Waals surface area contributed by atoms with E-state index in [1.807, 2.05) is 25.1 Å². The largest absolute Gasteiger partial charge is 0.481 e. The lowest BCUT2D eigenvalue weighted by Gasteiger charge is -2.54. The van der Waals surface area contributed by atoms with Gasteiger partial charge in [0.15, 0.2) is 0 Å². The first-order valence-electron chi connectivity index (χ1n) is 10.7. The first-order valence-corrected chi connectivity index (χ1v) is 10.7. The number of benzene rings is 1. The van der Waals surface area contributed by atoms with Crippen molar-refractivity contribution in [2.75, 3.05) is 27.3 Å². The molecule has 1 N–H and O–H groups in total. The Hall–Kier alpha value is -3.13. The zero-order valence-electron chi connectivity index (χ0n) is 18.9. The third-order valence-corrected chi connectivity index (χ3v) is 6.27. The Balaban J connectivity index is 1.50. The maximum atomic E-state index is 13.2. The number of likely N-dealkylation sites (tertiary alicyclic amines) is 1. The van der Waals surface area contributed by atoms with Crippen molar-refractivity contribution in [3.63, 3.8) is 0 Å². The number of nitrogens with zero attached hydrogens (tertiary/aromatic N) is 2. The number of aryl methyl sites for hydroxylation is 1. The highest BCUT2D eigenvalue weighted by Crippen LogP contribution is 2.52. The molecule has 4 rings (SSSR count).